The van der Waals surface area contributed by atoms with E-state index in [0.717, 1.165) is 0 Å². The minimum absolute atomic E-state index is 0.0180. The van der Waals surface area contributed by atoms with Crippen LogP contribution >= 0.6 is 0 Å². The van der Waals surface area contributed by atoms with Gasteiger partial charge in [-0.2, -0.15) is 4.98 Å². The van der Waals surface area contributed by atoms with Crippen LogP contribution in [0.3, 0.4) is 0 Å². The summed E-state index contributed by atoms with van der Waals surface area (Å²) in [5.41, 5.74) is 5.77. The summed E-state index contributed by atoms with van der Waals surface area (Å²) in [5, 5.41) is 3.96. The third kappa shape index (κ3) is 2.70. The zero-order valence-corrected chi connectivity index (χ0v) is 11.7. The maximum atomic E-state index is 11.9. The van der Waals surface area contributed by atoms with Crippen molar-refractivity contribution in [1.29, 1.82) is 0 Å². The highest BCUT2D eigenvalue weighted by molar-refractivity contribution is 5.73. The molecule has 0 saturated carbocycles. The van der Waals surface area contributed by atoms with Gasteiger partial charge in [0.25, 0.3) is 0 Å². The van der Waals surface area contributed by atoms with Crippen molar-refractivity contribution >= 4 is 6.03 Å². The van der Waals surface area contributed by atoms with Gasteiger partial charge < -0.3 is 20.1 Å². The molecule has 0 spiro atoms. The molecule has 0 atom stereocenters. The van der Waals surface area contributed by atoms with Gasteiger partial charge in [-0.15, -0.1) is 0 Å². The van der Waals surface area contributed by atoms with Crippen molar-refractivity contribution in [2.75, 3.05) is 27.2 Å². The Morgan fingerprint density at radius 2 is 2.11 bits per heavy atom. The molecule has 1 aromatic heterocycles. The Balaban J connectivity index is 2.03. The summed E-state index contributed by atoms with van der Waals surface area (Å²) in [6, 6.07) is 0.0180. The van der Waals surface area contributed by atoms with E-state index in [9.17, 15) is 4.79 Å². The van der Waals surface area contributed by atoms with Crippen LogP contribution in [0.15, 0.2) is 4.52 Å². The van der Waals surface area contributed by atoms with E-state index in [-0.39, 0.29) is 6.03 Å². The zero-order chi connectivity index (χ0) is 14.0. The minimum atomic E-state index is -0.583. The van der Waals surface area contributed by atoms with E-state index in [1.807, 2.05) is 6.92 Å². The number of hydrogen-bond acceptors (Lipinski definition) is 5. The molecular weight excluding hydrogens is 246 g/mol. The van der Waals surface area contributed by atoms with Crippen molar-refractivity contribution in [3.05, 3.63) is 11.7 Å². The number of carbonyl (C=O) groups is 1. The number of nitrogens with two attached hydrogens (primary N) is 1. The van der Waals surface area contributed by atoms with Crippen LogP contribution in [0, 0.1) is 0 Å². The van der Waals surface area contributed by atoms with Crippen molar-refractivity contribution < 1.29 is 9.32 Å². The third-order valence-corrected chi connectivity index (χ3v) is 3.52. The second-order valence-corrected chi connectivity index (χ2v) is 5.19. The molecular formula is C12H21N5O2. The largest absolute Gasteiger partial charge is 0.339 e. The number of amides is 2. The summed E-state index contributed by atoms with van der Waals surface area (Å²) in [6.07, 6.45) is 2.00. The lowest BCUT2D eigenvalue weighted by atomic mass is 9.88. The Hall–Kier alpha value is -1.63. The molecule has 1 aliphatic heterocycles. The van der Waals surface area contributed by atoms with E-state index in [0.29, 0.717) is 44.1 Å². The number of likely N-dealkylation sites (tertiary alicyclic amines) is 1. The van der Waals surface area contributed by atoms with E-state index >= 15 is 0 Å². The van der Waals surface area contributed by atoms with Gasteiger partial charge in [-0.25, -0.2) is 4.79 Å². The molecule has 1 fully saturated rings. The molecule has 19 heavy (non-hydrogen) atoms. The van der Waals surface area contributed by atoms with Gasteiger partial charge in [-0.1, -0.05) is 12.1 Å². The number of rotatable bonds is 2. The Bertz CT molecular complexity index is 449. The van der Waals surface area contributed by atoms with E-state index in [2.05, 4.69) is 10.1 Å². The molecule has 106 valence electrons. The van der Waals surface area contributed by atoms with Gasteiger partial charge in [0.05, 0.1) is 5.54 Å². The monoisotopic (exact) mass is 267 g/mol. The predicted octanol–water partition coefficient (Wildman–Crippen LogP) is 0.563. The lowest BCUT2D eigenvalue weighted by Gasteiger charge is -2.38. The van der Waals surface area contributed by atoms with Crippen molar-refractivity contribution in [2.24, 2.45) is 5.73 Å². The number of aryl methyl sites for hydroxylation is 1. The molecule has 0 aromatic carbocycles. The molecule has 0 unspecified atom stereocenters. The van der Waals surface area contributed by atoms with Crippen LogP contribution in [0.4, 0.5) is 4.79 Å². The lowest BCUT2D eigenvalue weighted by molar-refractivity contribution is 0.135. The van der Waals surface area contributed by atoms with Gasteiger partial charge in [-0.3, -0.25) is 0 Å². The summed E-state index contributed by atoms with van der Waals surface area (Å²) >= 11 is 0. The number of nitrogens with zero attached hydrogens (tertiary/aromatic N) is 4. The Morgan fingerprint density at radius 3 is 2.58 bits per heavy atom. The molecule has 0 aliphatic carbocycles. The van der Waals surface area contributed by atoms with Crippen LogP contribution < -0.4 is 5.73 Å². The molecule has 2 heterocycles. The zero-order valence-electron chi connectivity index (χ0n) is 11.7. The number of aromatic nitrogens is 2. The second kappa shape index (κ2) is 5.16. The number of urea groups is 1. The molecule has 0 bridgehead atoms. The van der Waals surface area contributed by atoms with E-state index < -0.39 is 5.54 Å². The van der Waals surface area contributed by atoms with Gasteiger partial charge in [0.15, 0.2) is 5.82 Å². The number of carbonyl (C=O) groups excluding carboxylic acids is 1. The first kappa shape index (κ1) is 13.8. The fourth-order valence-corrected chi connectivity index (χ4v) is 2.20. The normalized spacial score (nSPS) is 18.4. The highest BCUT2D eigenvalue weighted by Gasteiger charge is 2.38. The molecule has 2 amide bonds. The fraction of sp³-hybridized carbons (Fsp3) is 0.750. The van der Waals surface area contributed by atoms with Crippen molar-refractivity contribution in [1.82, 2.24) is 19.9 Å². The Morgan fingerprint density at radius 1 is 1.47 bits per heavy atom. The van der Waals surface area contributed by atoms with E-state index in [4.69, 9.17) is 10.3 Å². The maximum Gasteiger partial charge on any atom is 0.319 e. The summed E-state index contributed by atoms with van der Waals surface area (Å²) in [5.74, 6) is 1.16. The highest BCUT2D eigenvalue weighted by Crippen LogP contribution is 2.28. The Kier molecular flexibility index (Phi) is 3.75. The summed E-state index contributed by atoms with van der Waals surface area (Å²) in [4.78, 5) is 19.5. The maximum absolute atomic E-state index is 11.9. The van der Waals surface area contributed by atoms with Gasteiger partial charge in [-0.05, 0) is 12.8 Å². The van der Waals surface area contributed by atoms with Crippen LogP contribution in [0.25, 0.3) is 0 Å². The fourth-order valence-electron chi connectivity index (χ4n) is 2.20. The summed E-state index contributed by atoms with van der Waals surface area (Å²) in [7, 11) is 3.50. The summed E-state index contributed by atoms with van der Waals surface area (Å²) in [6.45, 7) is 3.19. The summed E-state index contributed by atoms with van der Waals surface area (Å²) < 4.78 is 5.11. The first-order valence-electron chi connectivity index (χ1n) is 6.54. The standard InChI is InChI=1S/C12H21N5O2/c1-4-9-14-10(15-19-9)12(13)5-7-17(8-6-12)11(18)16(2)3/h4-8,13H2,1-3H3. The molecule has 1 saturated heterocycles. The van der Waals surface area contributed by atoms with E-state index in [1.54, 1.807) is 23.9 Å². The van der Waals surface area contributed by atoms with Gasteiger partial charge in [0, 0.05) is 33.6 Å². The first-order chi connectivity index (χ1) is 8.96. The van der Waals surface area contributed by atoms with Crippen LogP contribution in [0.1, 0.15) is 31.5 Å². The average Bonchev–Trinajstić information content (AvgIpc) is 2.88. The molecule has 0 radical (unpaired) electrons. The SMILES string of the molecule is CCc1nc(C2(N)CCN(C(=O)N(C)C)CC2)no1. The molecule has 7 nitrogen and oxygen atoms in total. The second-order valence-electron chi connectivity index (χ2n) is 5.19. The number of hydrogen-bond donors (Lipinski definition) is 1. The minimum Gasteiger partial charge on any atom is -0.339 e. The third-order valence-electron chi connectivity index (χ3n) is 3.52. The highest BCUT2D eigenvalue weighted by atomic mass is 16.5. The van der Waals surface area contributed by atoms with Gasteiger partial charge in [0.2, 0.25) is 5.89 Å². The lowest BCUT2D eigenvalue weighted by Crippen LogP contribution is -2.52. The van der Waals surface area contributed by atoms with Crippen LogP contribution in [0.2, 0.25) is 0 Å². The van der Waals surface area contributed by atoms with Crippen molar-refractivity contribution in [3.8, 4) is 0 Å². The smallest absolute Gasteiger partial charge is 0.319 e. The van der Waals surface area contributed by atoms with Gasteiger partial charge >= 0.3 is 6.03 Å². The molecule has 7 heteroatoms. The van der Waals surface area contributed by atoms with Crippen LogP contribution in [0.5, 0.6) is 0 Å². The first-order valence-corrected chi connectivity index (χ1v) is 6.54. The number of piperidine rings is 1. The Labute approximate surface area is 112 Å². The van der Waals surface area contributed by atoms with Gasteiger partial charge in [0.1, 0.15) is 0 Å². The molecule has 2 N–H and O–H groups in total. The quantitative estimate of drug-likeness (QED) is 0.846. The molecule has 2 rings (SSSR count). The molecule has 1 aliphatic rings. The van der Waals surface area contributed by atoms with Crippen LogP contribution in [-0.2, 0) is 12.0 Å². The van der Waals surface area contributed by atoms with Crippen molar-refractivity contribution in [3.63, 3.8) is 0 Å². The average molecular weight is 267 g/mol. The van der Waals surface area contributed by atoms with Crippen molar-refractivity contribution in [2.45, 2.75) is 31.7 Å². The van der Waals surface area contributed by atoms with E-state index in [1.165, 1.54) is 0 Å². The predicted molar refractivity (Wildman–Crippen MR) is 69.4 cm³/mol. The topological polar surface area (TPSA) is 88.5 Å². The van der Waals surface area contributed by atoms with Crippen LogP contribution in [-0.4, -0.2) is 53.2 Å². The molecule has 1 aromatic rings.